The van der Waals surface area contributed by atoms with Gasteiger partial charge in [-0.2, -0.15) is 4.33 Å². The second-order valence-corrected chi connectivity index (χ2v) is 2.73. The summed E-state index contributed by atoms with van der Waals surface area (Å²) in [6, 6.07) is 3.84. The number of hydrogen-bond donors (Lipinski definition) is 0. The van der Waals surface area contributed by atoms with Crippen molar-refractivity contribution in [2.45, 2.75) is 11.8 Å². The largest absolute Gasteiger partial charge is 0.260 e. The summed E-state index contributed by atoms with van der Waals surface area (Å²) in [5, 5.41) is 0. The molecule has 0 fully saturated rings. The molecular formula is C7H9NO2S. The highest BCUT2D eigenvalue weighted by Gasteiger charge is 1.93. The molecule has 1 heterocycles. The smallest absolute Gasteiger partial charge is 0.0725 e. The van der Waals surface area contributed by atoms with Gasteiger partial charge in [0.15, 0.2) is 0 Å². The summed E-state index contributed by atoms with van der Waals surface area (Å²) in [7, 11) is 1.47. The lowest BCUT2D eigenvalue weighted by atomic mass is 10.4. The Hall–Kier alpha value is -0.580. The Morgan fingerprint density at radius 2 is 2.27 bits per heavy atom. The van der Waals surface area contributed by atoms with Crippen LogP contribution in [0.2, 0.25) is 0 Å². The molecule has 1 aromatic rings. The Balaban J connectivity index is 2.52. The van der Waals surface area contributed by atoms with Crippen molar-refractivity contribution in [3.05, 3.63) is 24.0 Å². The van der Waals surface area contributed by atoms with E-state index in [-0.39, 0.29) is 0 Å². The maximum atomic E-state index is 4.64. The lowest BCUT2D eigenvalue weighted by molar-refractivity contribution is -0.160. The van der Waals surface area contributed by atoms with E-state index in [4.69, 9.17) is 0 Å². The number of nitrogens with zero attached hydrogens (tertiary/aromatic N) is 1. The van der Waals surface area contributed by atoms with Crippen molar-refractivity contribution in [1.29, 1.82) is 0 Å². The molecular weight excluding hydrogens is 162 g/mol. The Kier molecular flexibility index (Phi) is 3.35. The average Bonchev–Trinajstić information content (AvgIpc) is 2.04. The maximum Gasteiger partial charge on any atom is 0.0725 e. The maximum absolute atomic E-state index is 4.64. The van der Waals surface area contributed by atoms with Crippen molar-refractivity contribution < 1.29 is 9.22 Å². The monoisotopic (exact) mass is 171 g/mol. The summed E-state index contributed by atoms with van der Waals surface area (Å²) < 4.78 is 4.64. The number of pyridine rings is 1. The van der Waals surface area contributed by atoms with E-state index < -0.39 is 0 Å². The molecule has 0 bridgehead atoms. The van der Waals surface area contributed by atoms with E-state index in [0.29, 0.717) is 0 Å². The second-order valence-electron chi connectivity index (χ2n) is 1.95. The highest BCUT2D eigenvalue weighted by atomic mass is 32.2. The molecule has 3 nitrogen and oxygen atoms in total. The number of hydrogen-bond acceptors (Lipinski definition) is 4. The minimum Gasteiger partial charge on any atom is -0.260 e. The molecule has 0 aromatic carbocycles. The van der Waals surface area contributed by atoms with Crippen LogP contribution in [0.1, 0.15) is 5.69 Å². The Morgan fingerprint density at radius 3 is 2.82 bits per heavy atom. The molecule has 0 atom stereocenters. The highest BCUT2D eigenvalue weighted by molar-refractivity contribution is 7.94. The van der Waals surface area contributed by atoms with E-state index in [9.17, 15) is 0 Å². The van der Waals surface area contributed by atoms with Gasteiger partial charge in [0.2, 0.25) is 0 Å². The van der Waals surface area contributed by atoms with Crippen molar-refractivity contribution in [2.24, 2.45) is 0 Å². The van der Waals surface area contributed by atoms with Gasteiger partial charge in [0.05, 0.1) is 24.0 Å². The van der Waals surface area contributed by atoms with Gasteiger partial charge in [0, 0.05) is 11.9 Å². The summed E-state index contributed by atoms with van der Waals surface area (Å²) >= 11 is 1.14. The number of rotatable bonds is 3. The third-order valence-corrected chi connectivity index (χ3v) is 1.72. The fourth-order valence-electron chi connectivity index (χ4n) is 0.577. The van der Waals surface area contributed by atoms with Gasteiger partial charge >= 0.3 is 0 Å². The summed E-state index contributed by atoms with van der Waals surface area (Å²) in [6.45, 7) is 1.94. The quantitative estimate of drug-likeness (QED) is 0.395. The van der Waals surface area contributed by atoms with Crippen molar-refractivity contribution in [1.82, 2.24) is 4.98 Å². The molecule has 1 aromatic heterocycles. The zero-order valence-electron chi connectivity index (χ0n) is 6.40. The third-order valence-electron chi connectivity index (χ3n) is 1.08. The van der Waals surface area contributed by atoms with Gasteiger partial charge in [-0.1, -0.05) is 0 Å². The first-order chi connectivity index (χ1) is 5.33. The van der Waals surface area contributed by atoms with Crippen LogP contribution in [0.25, 0.3) is 0 Å². The Morgan fingerprint density at radius 1 is 1.45 bits per heavy atom. The summed E-state index contributed by atoms with van der Waals surface area (Å²) in [5.41, 5.74) is 0.992. The van der Waals surface area contributed by atoms with Crippen LogP contribution in [-0.2, 0) is 9.22 Å². The SMILES string of the molecule is COOSc1ccc(C)nc1. The molecule has 0 radical (unpaired) electrons. The van der Waals surface area contributed by atoms with Gasteiger partial charge in [0.25, 0.3) is 0 Å². The van der Waals surface area contributed by atoms with Gasteiger partial charge < -0.3 is 0 Å². The molecule has 1 rings (SSSR count). The molecule has 0 saturated heterocycles. The number of aryl methyl sites for hydroxylation is 1. The van der Waals surface area contributed by atoms with Gasteiger partial charge in [-0.3, -0.25) is 4.98 Å². The normalized spacial score (nSPS) is 10.0. The topological polar surface area (TPSA) is 31.4 Å². The minimum absolute atomic E-state index is 0.928. The van der Waals surface area contributed by atoms with E-state index in [2.05, 4.69) is 14.2 Å². The zero-order valence-corrected chi connectivity index (χ0v) is 7.22. The van der Waals surface area contributed by atoms with E-state index >= 15 is 0 Å². The summed E-state index contributed by atoms with van der Waals surface area (Å²) in [6.07, 6.45) is 1.74. The van der Waals surface area contributed by atoms with Crippen LogP contribution in [-0.4, -0.2) is 12.1 Å². The van der Waals surface area contributed by atoms with Crippen LogP contribution in [0.5, 0.6) is 0 Å². The molecule has 0 aliphatic heterocycles. The van der Waals surface area contributed by atoms with Crippen LogP contribution in [0.15, 0.2) is 23.2 Å². The lowest BCUT2D eigenvalue weighted by Crippen LogP contribution is -1.81. The molecule has 60 valence electrons. The number of aromatic nitrogens is 1. The van der Waals surface area contributed by atoms with E-state index in [1.165, 1.54) is 7.11 Å². The third kappa shape index (κ3) is 2.88. The molecule has 0 aliphatic rings. The molecule has 4 heteroatoms. The second kappa shape index (κ2) is 4.33. The predicted molar refractivity (Wildman–Crippen MR) is 42.9 cm³/mol. The summed E-state index contributed by atoms with van der Waals surface area (Å²) in [5.74, 6) is 0. The van der Waals surface area contributed by atoms with Gasteiger partial charge in [0.1, 0.15) is 0 Å². The van der Waals surface area contributed by atoms with Crippen LogP contribution in [0.4, 0.5) is 0 Å². The van der Waals surface area contributed by atoms with E-state index in [1.807, 2.05) is 19.1 Å². The molecule has 0 unspecified atom stereocenters. The zero-order chi connectivity index (χ0) is 8.10. The van der Waals surface area contributed by atoms with Crippen LogP contribution in [0.3, 0.4) is 0 Å². The van der Waals surface area contributed by atoms with Crippen molar-refractivity contribution in [2.75, 3.05) is 7.11 Å². The van der Waals surface area contributed by atoms with Crippen LogP contribution in [0, 0.1) is 6.92 Å². The molecule has 0 spiro atoms. The molecule has 11 heavy (non-hydrogen) atoms. The molecule has 0 saturated carbocycles. The Labute approximate surface area is 69.9 Å². The van der Waals surface area contributed by atoms with Crippen molar-refractivity contribution in [3.8, 4) is 0 Å². The lowest BCUT2D eigenvalue weighted by Gasteiger charge is -1.97. The fraction of sp³-hybridized carbons (Fsp3) is 0.286. The van der Waals surface area contributed by atoms with Gasteiger partial charge in [-0.25, -0.2) is 4.89 Å². The molecule has 0 aliphatic carbocycles. The first kappa shape index (κ1) is 8.52. The van der Waals surface area contributed by atoms with Crippen molar-refractivity contribution in [3.63, 3.8) is 0 Å². The van der Waals surface area contributed by atoms with E-state index in [0.717, 1.165) is 22.6 Å². The Bertz CT molecular complexity index is 212. The predicted octanol–water partition coefficient (Wildman–Crippen LogP) is 1.98. The fourth-order valence-corrected chi connectivity index (χ4v) is 0.943. The molecule has 0 N–H and O–H groups in total. The first-order valence-corrected chi connectivity index (χ1v) is 3.87. The van der Waals surface area contributed by atoms with Gasteiger partial charge in [-0.15, -0.1) is 0 Å². The van der Waals surface area contributed by atoms with Crippen LogP contribution >= 0.6 is 12.0 Å². The van der Waals surface area contributed by atoms with E-state index in [1.54, 1.807) is 6.20 Å². The minimum atomic E-state index is 0.928. The molecule has 0 amide bonds. The average molecular weight is 171 g/mol. The highest BCUT2D eigenvalue weighted by Crippen LogP contribution is 2.17. The van der Waals surface area contributed by atoms with Gasteiger partial charge in [-0.05, 0) is 19.1 Å². The standard InChI is InChI=1S/C7H9NO2S/c1-6-3-4-7(5-8-6)11-10-9-2/h3-5H,1-2H3. The summed E-state index contributed by atoms with van der Waals surface area (Å²) in [4.78, 5) is 9.42. The van der Waals surface area contributed by atoms with Crippen molar-refractivity contribution >= 4 is 12.0 Å². The first-order valence-electron chi connectivity index (χ1n) is 3.13. The van der Waals surface area contributed by atoms with Crippen LogP contribution < -0.4 is 0 Å².